The molecule has 0 spiro atoms. The maximum Gasteiger partial charge on any atom is 0.260 e. The number of nitrogens with one attached hydrogen (secondary N) is 2. The summed E-state index contributed by atoms with van der Waals surface area (Å²) >= 11 is 0. The molecule has 0 atom stereocenters. The van der Waals surface area contributed by atoms with Crippen molar-refractivity contribution in [2.75, 3.05) is 41.8 Å². The third-order valence-corrected chi connectivity index (χ3v) is 4.43. The van der Waals surface area contributed by atoms with Crippen molar-refractivity contribution >= 4 is 28.8 Å². The van der Waals surface area contributed by atoms with Gasteiger partial charge in [-0.25, -0.2) is 0 Å². The van der Waals surface area contributed by atoms with Gasteiger partial charge in [-0.3, -0.25) is 4.79 Å². The molecule has 2 N–H and O–H groups in total. The van der Waals surface area contributed by atoms with Gasteiger partial charge >= 0.3 is 0 Å². The minimum Gasteiger partial charge on any atom is -0.378 e. The Kier molecular flexibility index (Phi) is 5.16. The van der Waals surface area contributed by atoms with Crippen LogP contribution in [0, 0.1) is 6.92 Å². The Hall–Kier alpha value is -3.46. The second-order valence-electron chi connectivity index (χ2n) is 6.35. The standard InChI is InChI=1S/C19H20N6O3/c1-13-17(12-21-28-13)19(26)23-15-4-2-14(3-5-15)22-18-10-16(11-20-24-18)25-6-8-27-9-7-25/h2-5,10-12H,6-9H2,1H3,(H,22,24)(H,23,26). The van der Waals surface area contributed by atoms with Crippen LogP contribution in [0.3, 0.4) is 0 Å². The van der Waals surface area contributed by atoms with Crippen LogP contribution in [-0.2, 0) is 4.74 Å². The van der Waals surface area contributed by atoms with E-state index in [1.54, 1.807) is 13.1 Å². The third-order valence-electron chi connectivity index (χ3n) is 4.43. The first kappa shape index (κ1) is 17.9. The predicted octanol–water partition coefficient (Wildman–Crippen LogP) is 2.61. The number of rotatable bonds is 5. The van der Waals surface area contributed by atoms with Gasteiger partial charge in [0.2, 0.25) is 0 Å². The van der Waals surface area contributed by atoms with Crippen LogP contribution in [-0.4, -0.2) is 47.6 Å². The van der Waals surface area contributed by atoms with Crippen molar-refractivity contribution in [3.8, 4) is 0 Å². The average Bonchev–Trinajstić information content (AvgIpc) is 3.16. The molecular weight excluding hydrogens is 360 g/mol. The maximum atomic E-state index is 12.2. The molecule has 0 saturated carbocycles. The molecule has 1 amide bonds. The highest BCUT2D eigenvalue weighted by atomic mass is 16.5. The summed E-state index contributed by atoms with van der Waals surface area (Å²) in [5.41, 5.74) is 2.93. The number of hydrogen-bond acceptors (Lipinski definition) is 8. The zero-order valence-corrected chi connectivity index (χ0v) is 15.4. The minimum absolute atomic E-state index is 0.261. The van der Waals surface area contributed by atoms with Crippen molar-refractivity contribution in [3.05, 3.63) is 54.0 Å². The molecular formula is C19H20N6O3. The largest absolute Gasteiger partial charge is 0.378 e. The van der Waals surface area contributed by atoms with Crippen molar-refractivity contribution in [2.45, 2.75) is 6.92 Å². The summed E-state index contributed by atoms with van der Waals surface area (Å²) in [7, 11) is 0. The number of nitrogens with zero attached hydrogens (tertiary/aromatic N) is 4. The zero-order valence-electron chi connectivity index (χ0n) is 15.4. The van der Waals surface area contributed by atoms with Crippen molar-refractivity contribution < 1.29 is 14.1 Å². The van der Waals surface area contributed by atoms with Gasteiger partial charge in [-0.15, -0.1) is 5.10 Å². The van der Waals surface area contributed by atoms with E-state index >= 15 is 0 Å². The van der Waals surface area contributed by atoms with Gasteiger partial charge < -0.3 is 24.8 Å². The molecule has 9 heteroatoms. The summed E-state index contributed by atoms with van der Waals surface area (Å²) in [6.07, 6.45) is 3.16. The van der Waals surface area contributed by atoms with Crippen molar-refractivity contribution in [3.63, 3.8) is 0 Å². The van der Waals surface area contributed by atoms with E-state index in [1.807, 2.05) is 30.3 Å². The summed E-state index contributed by atoms with van der Waals surface area (Å²) in [6.45, 7) is 4.80. The molecule has 0 bridgehead atoms. The number of aryl methyl sites for hydroxylation is 1. The molecule has 1 saturated heterocycles. The van der Waals surface area contributed by atoms with Gasteiger partial charge in [0, 0.05) is 30.5 Å². The van der Waals surface area contributed by atoms with E-state index in [-0.39, 0.29) is 5.91 Å². The molecule has 3 aromatic rings. The number of hydrogen-bond donors (Lipinski definition) is 2. The van der Waals surface area contributed by atoms with Crippen LogP contribution in [0.25, 0.3) is 0 Å². The molecule has 0 aliphatic carbocycles. The molecule has 4 rings (SSSR count). The topological polar surface area (TPSA) is 105 Å². The van der Waals surface area contributed by atoms with Gasteiger partial charge in [0.1, 0.15) is 11.3 Å². The van der Waals surface area contributed by atoms with Gasteiger partial charge in [-0.2, -0.15) is 5.10 Å². The van der Waals surface area contributed by atoms with Crippen LogP contribution in [0.15, 0.2) is 47.2 Å². The molecule has 1 aliphatic heterocycles. The van der Waals surface area contributed by atoms with Gasteiger partial charge in [0.05, 0.1) is 31.3 Å². The second kappa shape index (κ2) is 8.05. The molecule has 1 fully saturated rings. The number of amides is 1. The van der Waals surface area contributed by atoms with E-state index in [1.165, 1.54) is 6.20 Å². The van der Waals surface area contributed by atoms with Crippen molar-refractivity contribution in [1.82, 2.24) is 15.4 Å². The lowest BCUT2D eigenvalue weighted by atomic mass is 10.2. The first-order valence-corrected chi connectivity index (χ1v) is 8.94. The summed E-state index contributed by atoms with van der Waals surface area (Å²) in [5, 5.41) is 17.9. The van der Waals surface area contributed by atoms with Crippen molar-refractivity contribution in [2.24, 2.45) is 0 Å². The lowest BCUT2D eigenvalue weighted by molar-refractivity contribution is 0.102. The number of benzene rings is 1. The normalized spacial score (nSPS) is 14.0. The van der Waals surface area contributed by atoms with Crippen molar-refractivity contribution in [1.29, 1.82) is 0 Å². The van der Waals surface area contributed by atoms with Crippen LogP contribution in [0.2, 0.25) is 0 Å². The highest BCUT2D eigenvalue weighted by Gasteiger charge is 2.14. The van der Waals surface area contributed by atoms with Gasteiger partial charge in [0.25, 0.3) is 5.91 Å². The third kappa shape index (κ3) is 4.09. The highest BCUT2D eigenvalue weighted by molar-refractivity contribution is 6.04. The fourth-order valence-corrected chi connectivity index (χ4v) is 2.91. The van der Waals surface area contributed by atoms with E-state index in [0.717, 1.165) is 24.5 Å². The molecule has 0 unspecified atom stereocenters. The van der Waals surface area contributed by atoms with E-state index in [2.05, 4.69) is 30.9 Å². The first-order chi connectivity index (χ1) is 13.7. The Bertz CT molecular complexity index is 950. The maximum absolute atomic E-state index is 12.2. The fourth-order valence-electron chi connectivity index (χ4n) is 2.91. The Morgan fingerprint density at radius 1 is 1.11 bits per heavy atom. The highest BCUT2D eigenvalue weighted by Crippen LogP contribution is 2.22. The molecule has 1 aliphatic rings. The Balaban J connectivity index is 1.40. The molecule has 28 heavy (non-hydrogen) atoms. The van der Waals surface area contributed by atoms with Gasteiger partial charge in [-0.05, 0) is 31.2 Å². The average molecular weight is 380 g/mol. The summed E-state index contributed by atoms with van der Waals surface area (Å²) < 4.78 is 10.3. The monoisotopic (exact) mass is 380 g/mol. The van der Waals surface area contributed by atoms with E-state index in [4.69, 9.17) is 9.26 Å². The molecule has 144 valence electrons. The number of aromatic nitrogens is 3. The number of carbonyl (C=O) groups is 1. The molecule has 1 aromatic carbocycles. The first-order valence-electron chi connectivity index (χ1n) is 8.94. The Morgan fingerprint density at radius 3 is 2.57 bits per heavy atom. The lowest BCUT2D eigenvalue weighted by Gasteiger charge is -2.28. The van der Waals surface area contributed by atoms with Crippen LogP contribution in [0.5, 0.6) is 0 Å². The molecule has 9 nitrogen and oxygen atoms in total. The number of morpholine rings is 1. The van der Waals surface area contributed by atoms with Crippen LogP contribution < -0.4 is 15.5 Å². The smallest absolute Gasteiger partial charge is 0.260 e. The van der Waals surface area contributed by atoms with E-state index in [9.17, 15) is 4.79 Å². The second-order valence-corrected chi connectivity index (χ2v) is 6.35. The lowest BCUT2D eigenvalue weighted by Crippen LogP contribution is -2.36. The quantitative estimate of drug-likeness (QED) is 0.696. The van der Waals surface area contributed by atoms with Crippen LogP contribution in [0.4, 0.5) is 22.9 Å². The summed E-state index contributed by atoms with van der Waals surface area (Å²) in [5.74, 6) is 0.874. The number of carbonyl (C=O) groups excluding carboxylic acids is 1. The Labute approximate surface area is 161 Å². The van der Waals surface area contributed by atoms with Gasteiger partial charge in [0.15, 0.2) is 5.82 Å². The van der Waals surface area contributed by atoms with Crippen LogP contribution in [0.1, 0.15) is 16.1 Å². The van der Waals surface area contributed by atoms with Gasteiger partial charge in [-0.1, -0.05) is 5.16 Å². The molecule has 3 heterocycles. The van der Waals surface area contributed by atoms with E-state index in [0.29, 0.717) is 36.0 Å². The van der Waals surface area contributed by atoms with Crippen LogP contribution >= 0.6 is 0 Å². The van der Waals surface area contributed by atoms with E-state index < -0.39 is 0 Å². The summed E-state index contributed by atoms with van der Waals surface area (Å²) in [4.78, 5) is 14.4. The summed E-state index contributed by atoms with van der Waals surface area (Å²) in [6, 6.07) is 9.30. The molecule has 2 aromatic heterocycles. The molecule has 0 radical (unpaired) electrons. The fraction of sp³-hybridized carbons (Fsp3) is 0.263. The number of ether oxygens (including phenoxy) is 1. The number of anilines is 4. The predicted molar refractivity (Wildman–Crippen MR) is 104 cm³/mol. The minimum atomic E-state index is -0.261. The zero-order chi connectivity index (χ0) is 19.3. The SMILES string of the molecule is Cc1oncc1C(=O)Nc1ccc(Nc2cc(N3CCOCC3)cnn2)cc1. The Morgan fingerprint density at radius 2 is 1.86 bits per heavy atom.